The highest BCUT2D eigenvalue weighted by atomic mass is 16.6. The fraction of sp³-hybridized carbons (Fsp3) is 0.231. The van der Waals surface area contributed by atoms with Gasteiger partial charge in [0, 0.05) is 13.1 Å². The van der Waals surface area contributed by atoms with Gasteiger partial charge in [-0.1, -0.05) is 0 Å². The molecule has 0 amide bonds. The summed E-state index contributed by atoms with van der Waals surface area (Å²) in [5, 5.41) is 19.7. The summed E-state index contributed by atoms with van der Waals surface area (Å²) in [6.45, 7) is 2.31. The van der Waals surface area contributed by atoms with Crippen LogP contribution in [0.1, 0.15) is 17.2 Å². The minimum absolute atomic E-state index is 0.199. The second-order valence-corrected chi connectivity index (χ2v) is 4.27. The standard InChI is InChI=1S/C13H12N4O3/c1-9-3-4-10(20-9)8-16(2)13-6-5-12(17(18)19)11(7-14)15-13/h3-6H,8H2,1-2H3. The average Bonchev–Trinajstić information content (AvgIpc) is 2.83. The van der Waals surface area contributed by atoms with E-state index in [1.807, 2.05) is 19.1 Å². The lowest BCUT2D eigenvalue weighted by atomic mass is 10.3. The van der Waals surface area contributed by atoms with Gasteiger partial charge in [0.25, 0.3) is 0 Å². The summed E-state index contributed by atoms with van der Waals surface area (Å²) in [4.78, 5) is 15.9. The first-order chi connectivity index (χ1) is 9.51. The Labute approximate surface area is 115 Å². The van der Waals surface area contributed by atoms with E-state index in [-0.39, 0.29) is 11.4 Å². The molecule has 0 aliphatic heterocycles. The molecule has 7 nitrogen and oxygen atoms in total. The van der Waals surface area contributed by atoms with Crippen molar-refractivity contribution in [1.82, 2.24) is 4.98 Å². The summed E-state index contributed by atoms with van der Waals surface area (Å²) in [7, 11) is 1.77. The molecule has 0 aromatic carbocycles. The first-order valence-corrected chi connectivity index (χ1v) is 5.83. The first-order valence-electron chi connectivity index (χ1n) is 5.83. The molecule has 0 radical (unpaired) electrons. The Bertz CT molecular complexity index is 687. The molecular formula is C13H12N4O3. The fourth-order valence-corrected chi connectivity index (χ4v) is 1.77. The zero-order chi connectivity index (χ0) is 14.7. The van der Waals surface area contributed by atoms with E-state index in [1.54, 1.807) is 18.0 Å². The van der Waals surface area contributed by atoms with Gasteiger partial charge in [0.2, 0.25) is 5.69 Å². The second-order valence-electron chi connectivity index (χ2n) is 4.27. The Morgan fingerprint density at radius 1 is 1.45 bits per heavy atom. The molecule has 2 rings (SSSR count). The van der Waals surface area contributed by atoms with Gasteiger partial charge in [-0.15, -0.1) is 0 Å². The minimum Gasteiger partial charge on any atom is -0.464 e. The molecule has 0 atom stereocenters. The molecule has 20 heavy (non-hydrogen) atoms. The topological polar surface area (TPSA) is 96.2 Å². The normalized spacial score (nSPS) is 10.1. The number of pyridine rings is 1. The van der Waals surface area contributed by atoms with Crippen molar-refractivity contribution in [2.75, 3.05) is 11.9 Å². The predicted octanol–water partition coefficient (Wildman–Crippen LogP) is 2.40. The van der Waals surface area contributed by atoms with Crippen LogP contribution < -0.4 is 4.90 Å². The Morgan fingerprint density at radius 2 is 2.20 bits per heavy atom. The molecule has 0 spiro atoms. The Kier molecular flexibility index (Phi) is 3.66. The number of nitro groups is 1. The zero-order valence-corrected chi connectivity index (χ0v) is 11.0. The van der Waals surface area contributed by atoms with Gasteiger partial charge in [-0.05, 0) is 25.1 Å². The summed E-state index contributed by atoms with van der Waals surface area (Å²) >= 11 is 0. The molecule has 0 saturated heterocycles. The fourth-order valence-electron chi connectivity index (χ4n) is 1.77. The van der Waals surface area contributed by atoms with Crippen molar-refractivity contribution < 1.29 is 9.34 Å². The lowest BCUT2D eigenvalue weighted by Gasteiger charge is -2.16. The van der Waals surface area contributed by atoms with Crippen molar-refractivity contribution in [3.05, 3.63) is 51.6 Å². The van der Waals surface area contributed by atoms with Gasteiger partial charge in [0.05, 0.1) is 11.5 Å². The number of rotatable bonds is 4. The van der Waals surface area contributed by atoms with Gasteiger partial charge in [0.15, 0.2) is 0 Å². The smallest absolute Gasteiger partial charge is 0.305 e. The number of anilines is 1. The Morgan fingerprint density at radius 3 is 2.75 bits per heavy atom. The summed E-state index contributed by atoms with van der Waals surface area (Å²) in [6.07, 6.45) is 0. The van der Waals surface area contributed by atoms with E-state index in [1.165, 1.54) is 12.1 Å². The van der Waals surface area contributed by atoms with Crippen molar-refractivity contribution in [2.45, 2.75) is 13.5 Å². The quantitative estimate of drug-likeness (QED) is 0.626. The van der Waals surface area contributed by atoms with Crippen LogP contribution in [0.3, 0.4) is 0 Å². The largest absolute Gasteiger partial charge is 0.464 e. The van der Waals surface area contributed by atoms with E-state index >= 15 is 0 Å². The average molecular weight is 272 g/mol. The number of furan rings is 1. The summed E-state index contributed by atoms with van der Waals surface area (Å²) < 4.78 is 5.45. The number of nitrogens with zero attached hydrogens (tertiary/aromatic N) is 4. The van der Waals surface area contributed by atoms with Crippen LogP contribution >= 0.6 is 0 Å². The number of aromatic nitrogens is 1. The predicted molar refractivity (Wildman–Crippen MR) is 71.2 cm³/mol. The monoisotopic (exact) mass is 272 g/mol. The molecule has 0 unspecified atom stereocenters. The lowest BCUT2D eigenvalue weighted by Crippen LogP contribution is -2.17. The number of nitriles is 1. The molecule has 0 aliphatic carbocycles. The molecule has 0 N–H and O–H groups in total. The SMILES string of the molecule is Cc1ccc(CN(C)c2ccc([N+](=O)[O-])c(C#N)n2)o1. The van der Waals surface area contributed by atoms with Crippen molar-refractivity contribution in [2.24, 2.45) is 0 Å². The van der Waals surface area contributed by atoms with E-state index in [2.05, 4.69) is 4.98 Å². The van der Waals surface area contributed by atoms with Crippen molar-refractivity contribution in [3.63, 3.8) is 0 Å². The van der Waals surface area contributed by atoms with Gasteiger partial charge < -0.3 is 9.32 Å². The summed E-state index contributed by atoms with van der Waals surface area (Å²) in [6, 6.07) is 8.23. The Hall–Kier alpha value is -2.88. The number of hydrogen-bond donors (Lipinski definition) is 0. The molecule has 2 aromatic rings. The third kappa shape index (κ3) is 2.75. The molecule has 2 aromatic heterocycles. The molecule has 0 saturated carbocycles. The van der Waals surface area contributed by atoms with Crippen LogP contribution in [0.5, 0.6) is 0 Å². The van der Waals surface area contributed by atoms with Gasteiger partial charge in [-0.3, -0.25) is 10.1 Å². The second kappa shape index (κ2) is 5.40. The van der Waals surface area contributed by atoms with Gasteiger partial charge in [0.1, 0.15) is 23.4 Å². The minimum atomic E-state index is -0.620. The molecule has 2 heterocycles. The van der Waals surface area contributed by atoms with E-state index < -0.39 is 4.92 Å². The maximum absolute atomic E-state index is 10.7. The van der Waals surface area contributed by atoms with Crippen LogP contribution in [0.2, 0.25) is 0 Å². The van der Waals surface area contributed by atoms with E-state index in [0.29, 0.717) is 12.4 Å². The molecule has 102 valence electrons. The molecule has 0 fully saturated rings. The van der Waals surface area contributed by atoms with E-state index in [4.69, 9.17) is 9.68 Å². The van der Waals surface area contributed by atoms with Crippen molar-refractivity contribution in [3.8, 4) is 6.07 Å². The van der Waals surface area contributed by atoms with Gasteiger partial charge >= 0.3 is 5.69 Å². The van der Waals surface area contributed by atoms with E-state index in [9.17, 15) is 10.1 Å². The first kappa shape index (κ1) is 13.5. The third-order valence-corrected chi connectivity index (χ3v) is 2.74. The van der Waals surface area contributed by atoms with Crippen LogP contribution in [0, 0.1) is 28.4 Å². The van der Waals surface area contributed by atoms with Crippen LogP contribution in [0.15, 0.2) is 28.7 Å². The summed E-state index contributed by atoms with van der Waals surface area (Å²) in [5.74, 6) is 2.03. The number of aryl methyl sites for hydroxylation is 1. The maximum atomic E-state index is 10.7. The highest BCUT2D eigenvalue weighted by molar-refractivity contribution is 5.51. The van der Waals surface area contributed by atoms with Gasteiger partial charge in [-0.2, -0.15) is 5.26 Å². The van der Waals surface area contributed by atoms with Crippen LogP contribution in [0.25, 0.3) is 0 Å². The van der Waals surface area contributed by atoms with Crippen molar-refractivity contribution in [1.29, 1.82) is 5.26 Å². The molecule has 0 aliphatic rings. The number of hydrogen-bond acceptors (Lipinski definition) is 6. The maximum Gasteiger partial charge on any atom is 0.305 e. The van der Waals surface area contributed by atoms with Crippen LogP contribution in [-0.4, -0.2) is 17.0 Å². The Balaban J connectivity index is 2.24. The van der Waals surface area contributed by atoms with Crippen LogP contribution in [0.4, 0.5) is 11.5 Å². The molecular weight excluding hydrogens is 260 g/mol. The van der Waals surface area contributed by atoms with Gasteiger partial charge in [-0.25, -0.2) is 4.98 Å². The van der Waals surface area contributed by atoms with E-state index in [0.717, 1.165) is 11.5 Å². The molecule has 0 bridgehead atoms. The third-order valence-electron chi connectivity index (χ3n) is 2.74. The lowest BCUT2D eigenvalue weighted by molar-refractivity contribution is -0.385. The molecule has 7 heteroatoms. The van der Waals surface area contributed by atoms with Crippen molar-refractivity contribution >= 4 is 11.5 Å². The zero-order valence-electron chi connectivity index (χ0n) is 11.0. The highest BCUT2D eigenvalue weighted by Gasteiger charge is 2.17. The van der Waals surface area contributed by atoms with Crippen LogP contribution in [-0.2, 0) is 6.54 Å². The summed E-state index contributed by atoms with van der Waals surface area (Å²) in [5.41, 5.74) is -0.492. The highest BCUT2D eigenvalue weighted by Crippen LogP contribution is 2.21.